The molecule has 0 unspecified atom stereocenters. The van der Waals surface area contributed by atoms with Crippen LogP contribution in [0.5, 0.6) is 0 Å². The van der Waals surface area contributed by atoms with Crippen LogP contribution < -0.4 is 5.73 Å². The third-order valence-corrected chi connectivity index (χ3v) is 4.93. The van der Waals surface area contributed by atoms with Crippen molar-refractivity contribution in [1.29, 1.82) is 0 Å². The summed E-state index contributed by atoms with van der Waals surface area (Å²) in [5.41, 5.74) is 12.8. The highest BCUT2D eigenvalue weighted by atomic mass is 14.5. The molecule has 1 aromatic carbocycles. The Bertz CT molecular complexity index is 871. The van der Waals surface area contributed by atoms with Crippen LogP contribution in [0.2, 0.25) is 0 Å². The molecule has 0 heterocycles. The molecule has 0 saturated heterocycles. The highest BCUT2D eigenvalue weighted by molar-refractivity contribution is 5.81. The van der Waals surface area contributed by atoms with Gasteiger partial charge in [-0.2, -0.15) is 0 Å². The lowest BCUT2D eigenvalue weighted by Crippen LogP contribution is -2.00. The average Bonchev–Trinajstić information content (AvgIpc) is 2.72. The second-order valence-electron chi connectivity index (χ2n) is 7.11. The SMILES string of the molecule is C=C(N)/C=C\C(=C/CC)c1cc(C2=CCCC=C2)cc([C@H]2C=CC=CC2)c1. The molecule has 0 bridgehead atoms. The molecule has 0 saturated carbocycles. The van der Waals surface area contributed by atoms with E-state index in [9.17, 15) is 0 Å². The molecule has 1 atom stereocenters. The first kappa shape index (κ1) is 19.0. The summed E-state index contributed by atoms with van der Waals surface area (Å²) in [7, 11) is 0. The first-order valence-corrected chi connectivity index (χ1v) is 9.85. The Balaban J connectivity index is 2.08. The molecule has 1 nitrogen and oxygen atoms in total. The van der Waals surface area contributed by atoms with E-state index >= 15 is 0 Å². The van der Waals surface area contributed by atoms with Crippen molar-refractivity contribution in [2.75, 3.05) is 0 Å². The number of nitrogens with two attached hydrogens (primary N) is 1. The molecule has 27 heavy (non-hydrogen) atoms. The summed E-state index contributed by atoms with van der Waals surface area (Å²) in [5, 5.41) is 0. The molecule has 0 spiro atoms. The summed E-state index contributed by atoms with van der Waals surface area (Å²) in [6.45, 7) is 5.96. The number of benzene rings is 1. The Morgan fingerprint density at radius 2 is 2.04 bits per heavy atom. The van der Waals surface area contributed by atoms with E-state index < -0.39 is 0 Å². The number of hydrogen-bond donors (Lipinski definition) is 1. The van der Waals surface area contributed by atoms with Crippen molar-refractivity contribution in [2.24, 2.45) is 5.73 Å². The van der Waals surface area contributed by atoms with E-state index in [4.69, 9.17) is 5.73 Å². The van der Waals surface area contributed by atoms with Gasteiger partial charge in [0.2, 0.25) is 0 Å². The van der Waals surface area contributed by atoms with Crippen LogP contribution in [-0.4, -0.2) is 0 Å². The Morgan fingerprint density at radius 3 is 2.70 bits per heavy atom. The predicted molar refractivity (Wildman–Crippen MR) is 119 cm³/mol. The van der Waals surface area contributed by atoms with Gasteiger partial charge in [-0.05, 0) is 65.7 Å². The first-order valence-electron chi connectivity index (χ1n) is 9.85. The van der Waals surface area contributed by atoms with E-state index in [1.54, 1.807) is 0 Å². The fourth-order valence-electron chi connectivity index (χ4n) is 3.55. The van der Waals surface area contributed by atoms with Crippen molar-refractivity contribution in [3.05, 3.63) is 108 Å². The van der Waals surface area contributed by atoms with Crippen LogP contribution in [0.15, 0.2) is 91.2 Å². The molecule has 0 radical (unpaired) electrons. The largest absolute Gasteiger partial charge is 0.399 e. The van der Waals surface area contributed by atoms with Gasteiger partial charge in [0.15, 0.2) is 0 Å². The maximum Gasteiger partial charge on any atom is 0.0241 e. The zero-order valence-electron chi connectivity index (χ0n) is 16.2. The lowest BCUT2D eigenvalue weighted by Gasteiger charge is -2.18. The highest BCUT2D eigenvalue weighted by Crippen LogP contribution is 2.32. The summed E-state index contributed by atoms with van der Waals surface area (Å²) in [5.74, 6) is 0.429. The molecule has 0 amide bonds. The van der Waals surface area contributed by atoms with Gasteiger partial charge in [-0.25, -0.2) is 0 Å². The average molecular weight is 356 g/mol. The van der Waals surface area contributed by atoms with Crippen LogP contribution >= 0.6 is 0 Å². The van der Waals surface area contributed by atoms with E-state index in [1.807, 2.05) is 6.08 Å². The van der Waals surface area contributed by atoms with Crippen molar-refractivity contribution < 1.29 is 0 Å². The smallest absolute Gasteiger partial charge is 0.0241 e. The lowest BCUT2D eigenvalue weighted by atomic mass is 9.86. The van der Waals surface area contributed by atoms with Crippen LogP contribution in [0.4, 0.5) is 0 Å². The second-order valence-corrected chi connectivity index (χ2v) is 7.11. The van der Waals surface area contributed by atoms with Gasteiger partial charge < -0.3 is 5.73 Å². The molecular formula is C26H29N. The molecule has 1 heteroatoms. The molecular weight excluding hydrogens is 326 g/mol. The zero-order chi connectivity index (χ0) is 19.1. The minimum atomic E-state index is 0.429. The van der Waals surface area contributed by atoms with E-state index in [0.717, 1.165) is 25.7 Å². The van der Waals surface area contributed by atoms with E-state index in [2.05, 4.69) is 86.4 Å². The van der Waals surface area contributed by atoms with Gasteiger partial charge in [-0.1, -0.05) is 80.3 Å². The Hall–Kier alpha value is -2.80. The van der Waals surface area contributed by atoms with Gasteiger partial charge in [-0.15, -0.1) is 0 Å². The maximum absolute atomic E-state index is 5.77. The van der Waals surface area contributed by atoms with Crippen LogP contribution in [0.3, 0.4) is 0 Å². The minimum absolute atomic E-state index is 0.429. The van der Waals surface area contributed by atoms with Gasteiger partial charge >= 0.3 is 0 Å². The van der Waals surface area contributed by atoms with Crippen molar-refractivity contribution >= 4 is 11.1 Å². The monoisotopic (exact) mass is 355 g/mol. The van der Waals surface area contributed by atoms with Crippen molar-refractivity contribution in [3.63, 3.8) is 0 Å². The van der Waals surface area contributed by atoms with Crippen molar-refractivity contribution in [1.82, 2.24) is 0 Å². The molecule has 2 aliphatic carbocycles. The highest BCUT2D eigenvalue weighted by Gasteiger charge is 2.13. The van der Waals surface area contributed by atoms with E-state index in [0.29, 0.717) is 11.6 Å². The molecule has 0 aromatic heterocycles. The number of hydrogen-bond acceptors (Lipinski definition) is 1. The molecule has 3 rings (SSSR count). The van der Waals surface area contributed by atoms with E-state index in [-0.39, 0.29) is 0 Å². The van der Waals surface area contributed by atoms with Gasteiger partial charge in [0, 0.05) is 11.6 Å². The Morgan fingerprint density at radius 1 is 1.15 bits per heavy atom. The predicted octanol–water partition coefficient (Wildman–Crippen LogP) is 6.84. The third kappa shape index (κ3) is 5.10. The minimum Gasteiger partial charge on any atom is -0.399 e. The summed E-state index contributed by atoms with van der Waals surface area (Å²) in [6.07, 6.45) is 26.2. The number of allylic oxidation sites excluding steroid dienone is 12. The third-order valence-electron chi connectivity index (χ3n) is 4.93. The molecule has 2 N–H and O–H groups in total. The number of rotatable bonds is 6. The zero-order valence-corrected chi connectivity index (χ0v) is 16.2. The van der Waals surface area contributed by atoms with Crippen LogP contribution in [0.1, 0.15) is 55.2 Å². The topological polar surface area (TPSA) is 26.0 Å². The van der Waals surface area contributed by atoms with Crippen LogP contribution in [0.25, 0.3) is 11.1 Å². The summed E-state index contributed by atoms with van der Waals surface area (Å²) in [4.78, 5) is 0. The lowest BCUT2D eigenvalue weighted by molar-refractivity contribution is 0.852. The summed E-state index contributed by atoms with van der Waals surface area (Å²) in [6, 6.07) is 6.99. The van der Waals surface area contributed by atoms with Gasteiger partial charge in [0.25, 0.3) is 0 Å². The fourth-order valence-corrected chi connectivity index (χ4v) is 3.55. The molecule has 1 aromatic rings. The molecule has 0 aliphatic heterocycles. The standard InChI is InChI=1S/C26H29N/c1-3-10-21(16-15-20(2)27)24-17-25(22-11-6-4-7-12-22)19-26(18-24)23-13-8-5-9-14-23/h4,6-8,10-11,13-19,22H,2-3,5,9,12,27H2,1H3/b16-15-,21-10+/t22-/m0/s1. The quantitative estimate of drug-likeness (QED) is 0.555. The fraction of sp³-hybridized carbons (Fsp3) is 0.231. The van der Waals surface area contributed by atoms with Gasteiger partial charge in [-0.3, -0.25) is 0 Å². The van der Waals surface area contributed by atoms with Gasteiger partial charge in [0.05, 0.1) is 0 Å². The summed E-state index contributed by atoms with van der Waals surface area (Å²) < 4.78 is 0. The molecule has 2 aliphatic rings. The van der Waals surface area contributed by atoms with Crippen molar-refractivity contribution in [2.45, 2.75) is 38.5 Å². The Labute approximate surface area is 163 Å². The maximum atomic E-state index is 5.77. The Kier molecular flexibility index (Phi) is 6.49. The van der Waals surface area contributed by atoms with Gasteiger partial charge in [0.1, 0.15) is 0 Å². The second kappa shape index (κ2) is 9.23. The van der Waals surface area contributed by atoms with Crippen LogP contribution in [-0.2, 0) is 0 Å². The van der Waals surface area contributed by atoms with E-state index in [1.165, 1.54) is 27.8 Å². The normalized spacial score (nSPS) is 19.5. The summed E-state index contributed by atoms with van der Waals surface area (Å²) >= 11 is 0. The van der Waals surface area contributed by atoms with Crippen LogP contribution in [0, 0.1) is 0 Å². The van der Waals surface area contributed by atoms with Crippen molar-refractivity contribution in [3.8, 4) is 0 Å². The molecule has 0 fully saturated rings. The molecule has 138 valence electrons. The first-order chi connectivity index (χ1) is 13.2.